The summed E-state index contributed by atoms with van der Waals surface area (Å²) < 4.78 is 0. The zero-order chi connectivity index (χ0) is 14.7. The van der Waals surface area contributed by atoms with Crippen LogP contribution in [0.25, 0.3) is 5.57 Å². The van der Waals surface area contributed by atoms with E-state index < -0.39 is 0 Å². The molecule has 0 spiro atoms. The first kappa shape index (κ1) is 14.4. The van der Waals surface area contributed by atoms with Gasteiger partial charge in [0.15, 0.2) is 0 Å². The highest BCUT2D eigenvalue weighted by Gasteiger charge is 2.21. The lowest BCUT2D eigenvalue weighted by molar-refractivity contribution is -0.124. The molecule has 0 aromatic heterocycles. The lowest BCUT2D eigenvalue weighted by Crippen LogP contribution is -2.41. The molecule has 0 bridgehead atoms. The monoisotopic (exact) mass is 293 g/mol. The van der Waals surface area contributed by atoms with E-state index >= 15 is 0 Å². The summed E-state index contributed by atoms with van der Waals surface area (Å²) in [6, 6.07) is 7.63. The van der Waals surface area contributed by atoms with Gasteiger partial charge >= 0.3 is 0 Å². The van der Waals surface area contributed by atoms with E-state index in [-0.39, 0.29) is 18.2 Å². The second kappa shape index (κ2) is 5.96. The summed E-state index contributed by atoms with van der Waals surface area (Å²) >= 11 is 6.21. The number of nitrogens with one attached hydrogen (secondary N) is 2. The van der Waals surface area contributed by atoms with E-state index in [0.717, 1.165) is 16.7 Å². The number of hydrogen-bond donors (Lipinski definition) is 2. The van der Waals surface area contributed by atoms with Crippen LogP contribution in [0.4, 0.5) is 0 Å². The SMILES string of the molecule is CC(=O)NCc1ccc(C2=C(Cl)N(C)NC(=O)C2)cc1. The summed E-state index contributed by atoms with van der Waals surface area (Å²) in [6.45, 7) is 1.97. The summed E-state index contributed by atoms with van der Waals surface area (Å²) in [7, 11) is 1.70. The Morgan fingerprint density at radius 1 is 1.40 bits per heavy atom. The molecule has 2 rings (SSSR count). The molecule has 0 saturated heterocycles. The highest BCUT2D eigenvalue weighted by molar-refractivity contribution is 6.33. The van der Waals surface area contributed by atoms with E-state index in [9.17, 15) is 9.59 Å². The van der Waals surface area contributed by atoms with Crippen LogP contribution in [0.2, 0.25) is 0 Å². The number of amides is 2. The molecule has 0 saturated carbocycles. The number of hydrazine groups is 1. The minimum atomic E-state index is -0.0887. The maximum absolute atomic E-state index is 11.6. The zero-order valence-electron chi connectivity index (χ0n) is 11.4. The number of hydrogen-bond acceptors (Lipinski definition) is 3. The average Bonchev–Trinajstić information content (AvgIpc) is 2.41. The molecule has 2 amide bonds. The summed E-state index contributed by atoms with van der Waals surface area (Å²) in [4.78, 5) is 22.4. The molecule has 1 aromatic rings. The smallest absolute Gasteiger partial charge is 0.243 e. The Morgan fingerprint density at radius 2 is 2.05 bits per heavy atom. The first-order chi connectivity index (χ1) is 9.47. The Kier molecular flexibility index (Phi) is 4.29. The third kappa shape index (κ3) is 3.30. The molecule has 20 heavy (non-hydrogen) atoms. The van der Waals surface area contributed by atoms with Gasteiger partial charge in [0.1, 0.15) is 5.16 Å². The predicted molar refractivity (Wildman–Crippen MR) is 77.3 cm³/mol. The zero-order valence-corrected chi connectivity index (χ0v) is 12.1. The van der Waals surface area contributed by atoms with Crippen LogP contribution >= 0.6 is 11.6 Å². The summed E-state index contributed by atoms with van der Waals surface area (Å²) in [6.07, 6.45) is 0.258. The highest BCUT2D eigenvalue weighted by Crippen LogP contribution is 2.28. The lowest BCUT2D eigenvalue weighted by atomic mass is 10.0. The third-order valence-electron chi connectivity index (χ3n) is 3.02. The van der Waals surface area contributed by atoms with Crippen molar-refractivity contribution in [2.75, 3.05) is 7.05 Å². The number of carbonyl (C=O) groups is 2. The van der Waals surface area contributed by atoms with Crippen molar-refractivity contribution in [3.8, 4) is 0 Å². The van der Waals surface area contributed by atoms with Gasteiger partial charge in [0, 0.05) is 26.1 Å². The lowest BCUT2D eigenvalue weighted by Gasteiger charge is -2.27. The number of rotatable bonds is 3. The van der Waals surface area contributed by atoms with E-state index in [1.54, 1.807) is 7.05 Å². The van der Waals surface area contributed by atoms with E-state index in [4.69, 9.17) is 11.6 Å². The van der Waals surface area contributed by atoms with Crippen LogP contribution in [0.1, 0.15) is 24.5 Å². The number of benzene rings is 1. The molecule has 2 N–H and O–H groups in total. The standard InChI is InChI=1S/C14H16ClN3O2/c1-9(19)16-8-10-3-5-11(6-4-10)12-7-13(20)17-18(2)14(12)15/h3-6H,7-8H2,1-2H3,(H,16,19)(H,17,20). The quantitative estimate of drug-likeness (QED) is 0.832. The Hall–Kier alpha value is -2.01. The van der Waals surface area contributed by atoms with Gasteiger partial charge in [-0.1, -0.05) is 35.9 Å². The van der Waals surface area contributed by atoms with Crippen molar-refractivity contribution in [2.45, 2.75) is 19.9 Å². The first-order valence-electron chi connectivity index (χ1n) is 6.23. The van der Waals surface area contributed by atoms with Crippen molar-refractivity contribution >= 4 is 29.0 Å². The maximum Gasteiger partial charge on any atom is 0.243 e. The molecule has 1 aliphatic rings. The van der Waals surface area contributed by atoms with E-state index in [1.807, 2.05) is 24.3 Å². The molecule has 1 aliphatic heterocycles. The highest BCUT2D eigenvalue weighted by atomic mass is 35.5. The molecule has 0 atom stereocenters. The minimum absolute atomic E-state index is 0.0644. The first-order valence-corrected chi connectivity index (χ1v) is 6.61. The van der Waals surface area contributed by atoms with Gasteiger partial charge in [-0.25, -0.2) is 0 Å². The molecule has 6 heteroatoms. The molecular weight excluding hydrogens is 278 g/mol. The van der Waals surface area contributed by atoms with Crippen LogP contribution in [-0.4, -0.2) is 23.9 Å². The molecule has 0 radical (unpaired) electrons. The average molecular weight is 294 g/mol. The van der Waals surface area contributed by atoms with Gasteiger partial charge in [-0.2, -0.15) is 0 Å². The summed E-state index contributed by atoms with van der Waals surface area (Å²) in [5.41, 5.74) is 5.33. The molecule has 1 aromatic carbocycles. The predicted octanol–water partition coefficient (Wildman–Crippen LogP) is 1.60. The molecule has 0 unspecified atom stereocenters. The van der Waals surface area contributed by atoms with Crippen LogP contribution in [0.5, 0.6) is 0 Å². The maximum atomic E-state index is 11.6. The van der Waals surface area contributed by atoms with Gasteiger partial charge in [-0.05, 0) is 11.1 Å². The van der Waals surface area contributed by atoms with Gasteiger partial charge in [0.2, 0.25) is 11.8 Å². The molecule has 5 nitrogen and oxygen atoms in total. The topological polar surface area (TPSA) is 61.4 Å². The summed E-state index contributed by atoms with van der Waals surface area (Å²) in [5.74, 6) is -0.153. The molecule has 0 fully saturated rings. The van der Waals surface area contributed by atoms with Crippen molar-refractivity contribution < 1.29 is 9.59 Å². The summed E-state index contributed by atoms with van der Waals surface area (Å²) in [5, 5.41) is 4.76. The normalized spacial score (nSPS) is 15.2. The van der Waals surface area contributed by atoms with Crippen LogP contribution in [0.3, 0.4) is 0 Å². The van der Waals surface area contributed by atoms with Crippen molar-refractivity contribution in [1.82, 2.24) is 15.8 Å². The van der Waals surface area contributed by atoms with Crippen LogP contribution in [0, 0.1) is 0 Å². The number of carbonyl (C=O) groups excluding carboxylic acids is 2. The second-order valence-electron chi connectivity index (χ2n) is 4.65. The van der Waals surface area contributed by atoms with Gasteiger partial charge < -0.3 is 5.32 Å². The fraction of sp³-hybridized carbons (Fsp3) is 0.286. The van der Waals surface area contributed by atoms with Crippen molar-refractivity contribution in [1.29, 1.82) is 0 Å². The van der Waals surface area contributed by atoms with Crippen LogP contribution < -0.4 is 10.7 Å². The third-order valence-corrected chi connectivity index (χ3v) is 3.50. The minimum Gasteiger partial charge on any atom is -0.352 e. The van der Waals surface area contributed by atoms with Crippen LogP contribution in [-0.2, 0) is 16.1 Å². The Morgan fingerprint density at radius 3 is 2.65 bits per heavy atom. The molecule has 1 heterocycles. The molecular formula is C14H16ClN3O2. The molecule has 106 valence electrons. The van der Waals surface area contributed by atoms with E-state index in [1.165, 1.54) is 11.9 Å². The van der Waals surface area contributed by atoms with Crippen LogP contribution in [0.15, 0.2) is 29.4 Å². The molecule has 0 aliphatic carbocycles. The van der Waals surface area contributed by atoms with Gasteiger partial charge in [0.05, 0.1) is 6.42 Å². The number of halogens is 1. The largest absolute Gasteiger partial charge is 0.352 e. The van der Waals surface area contributed by atoms with Gasteiger partial charge in [0.25, 0.3) is 0 Å². The fourth-order valence-electron chi connectivity index (χ4n) is 1.98. The Bertz CT molecular complexity index is 566. The fourth-order valence-corrected chi connectivity index (χ4v) is 2.20. The van der Waals surface area contributed by atoms with Crippen molar-refractivity contribution in [3.63, 3.8) is 0 Å². The second-order valence-corrected chi connectivity index (χ2v) is 5.00. The Labute approximate surface area is 122 Å². The van der Waals surface area contributed by atoms with Gasteiger partial charge in [-0.15, -0.1) is 0 Å². The van der Waals surface area contributed by atoms with Gasteiger partial charge in [-0.3, -0.25) is 20.0 Å². The van der Waals surface area contributed by atoms with Crippen molar-refractivity contribution in [3.05, 3.63) is 40.5 Å². The van der Waals surface area contributed by atoms with E-state index in [2.05, 4.69) is 10.7 Å². The van der Waals surface area contributed by atoms with Crippen molar-refractivity contribution in [2.24, 2.45) is 0 Å². The Balaban J connectivity index is 2.19. The number of nitrogens with zero attached hydrogens (tertiary/aromatic N) is 1. The van der Waals surface area contributed by atoms with E-state index in [0.29, 0.717) is 11.7 Å².